The fourth-order valence-electron chi connectivity index (χ4n) is 1.92. The molecule has 0 fully saturated rings. The molecule has 1 aromatic rings. The van der Waals surface area contributed by atoms with Crippen LogP contribution >= 0.6 is 0 Å². The van der Waals surface area contributed by atoms with Crippen LogP contribution in [0.2, 0.25) is 0 Å². The molecule has 0 aliphatic carbocycles. The molecule has 1 atom stereocenters. The highest BCUT2D eigenvalue weighted by molar-refractivity contribution is 5.72. The summed E-state index contributed by atoms with van der Waals surface area (Å²) in [4.78, 5) is 10.7. The van der Waals surface area contributed by atoms with E-state index in [0.29, 0.717) is 37.6 Å². The Morgan fingerprint density at radius 3 is 2.52 bits per heavy atom. The predicted octanol–water partition coefficient (Wildman–Crippen LogP) is 0.853. The smallest absolute Gasteiger partial charge is 0.216 e. The molecule has 21 heavy (non-hydrogen) atoms. The van der Waals surface area contributed by atoms with E-state index in [0.717, 1.165) is 5.56 Å². The first-order chi connectivity index (χ1) is 10.1. The summed E-state index contributed by atoms with van der Waals surface area (Å²) in [6.07, 6.45) is 0.00769. The van der Waals surface area contributed by atoms with Gasteiger partial charge in [0.05, 0.1) is 20.3 Å². The van der Waals surface area contributed by atoms with Crippen LogP contribution in [-0.2, 0) is 4.79 Å². The topological polar surface area (TPSA) is 79.8 Å². The van der Waals surface area contributed by atoms with E-state index in [1.807, 2.05) is 6.07 Å². The lowest BCUT2D eigenvalue weighted by Gasteiger charge is -2.14. The van der Waals surface area contributed by atoms with Gasteiger partial charge in [0.1, 0.15) is 0 Å². The van der Waals surface area contributed by atoms with Gasteiger partial charge in [-0.3, -0.25) is 4.79 Å². The Labute approximate surface area is 125 Å². The van der Waals surface area contributed by atoms with E-state index in [-0.39, 0.29) is 5.91 Å². The van der Waals surface area contributed by atoms with Crippen LogP contribution in [0, 0.1) is 0 Å². The Morgan fingerprint density at radius 2 is 1.90 bits per heavy atom. The van der Waals surface area contributed by atoms with Crippen LogP contribution in [0.25, 0.3) is 0 Å². The molecule has 6 nitrogen and oxygen atoms in total. The Balaban J connectivity index is 2.38. The second kappa shape index (κ2) is 9.20. The molecule has 1 rings (SSSR count). The summed E-state index contributed by atoms with van der Waals surface area (Å²) in [7, 11) is 3.14. The third kappa shape index (κ3) is 6.01. The van der Waals surface area contributed by atoms with Crippen molar-refractivity contribution in [3.63, 3.8) is 0 Å². The van der Waals surface area contributed by atoms with Gasteiger partial charge in [-0.25, -0.2) is 0 Å². The van der Waals surface area contributed by atoms with Gasteiger partial charge in [0, 0.05) is 20.0 Å². The molecule has 0 radical (unpaired) electrons. The Hall–Kier alpha value is -1.79. The number of rotatable bonds is 9. The van der Waals surface area contributed by atoms with E-state index in [1.165, 1.54) is 6.92 Å². The molecule has 0 spiro atoms. The maximum Gasteiger partial charge on any atom is 0.216 e. The molecule has 118 valence electrons. The average Bonchev–Trinajstić information content (AvgIpc) is 2.49. The summed E-state index contributed by atoms with van der Waals surface area (Å²) in [5, 5.41) is 16.0. The highest BCUT2D eigenvalue weighted by atomic mass is 16.5. The maximum absolute atomic E-state index is 10.7. The number of methoxy groups -OCH3 is 2. The monoisotopic (exact) mass is 296 g/mol. The van der Waals surface area contributed by atoms with Crippen molar-refractivity contribution >= 4 is 5.91 Å². The quantitative estimate of drug-likeness (QED) is 0.589. The summed E-state index contributed by atoms with van der Waals surface area (Å²) in [6, 6.07) is 5.38. The molecule has 0 aromatic heterocycles. The second-order valence-electron chi connectivity index (χ2n) is 4.65. The highest BCUT2D eigenvalue weighted by Gasteiger charge is 2.11. The average molecular weight is 296 g/mol. The molecule has 0 saturated heterocycles. The van der Waals surface area contributed by atoms with Gasteiger partial charge in [-0.15, -0.1) is 0 Å². The fourth-order valence-corrected chi connectivity index (χ4v) is 1.92. The Kier molecular flexibility index (Phi) is 7.56. The SMILES string of the molecule is COc1ccc(C(O)CCNCCNC(C)=O)cc1OC. The molecule has 1 unspecified atom stereocenters. The molecular weight excluding hydrogens is 272 g/mol. The summed E-state index contributed by atoms with van der Waals surface area (Å²) < 4.78 is 10.4. The van der Waals surface area contributed by atoms with Gasteiger partial charge in [0.25, 0.3) is 0 Å². The lowest BCUT2D eigenvalue weighted by atomic mass is 10.1. The van der Waals surface area contributed by atoms with Crippen molar-refractivity contribution in [3.05, 3.63) is 23.8 Å². The van der Waals surface area contributed by atoms with Crippen LogP contribution in [0.1, 0.15) is 25.0 Å². The first kappa shape index (κ1) is 17.3. The molecule has 6 heteroatoms. The van der Waals surface area contributed by atoms with Crippen molar-refractivity contribution in [3.8, 4) is 11.5 Å². The summed E-state index contributed by atoms with van der Waals surface area (Å²) >= 11 is 0. The zero-order valence-electron chi connectivity index (χ0n) is 12.8. The van der Waals surface area contributed by atoms with Crippen molar-refractivity contribution in [1.29, 1.82) is 0 Å². The van der Waals surface area contributed by atoms with E-state index in [1.54, 1.807) is 26.4 Å². The minimum Gasteiger partial charge on any atom is -0.493 e. The molecular formula is C15H24N2O4. The number of hydrogen-bond acceptors (Lipinski definition) is 5. The minimum absolute atomic E-state index is 0.0397. The van der Waals surface area contributed by atoms with E-state index in [9.17, 15) is 9.90 Å². The van der Waals surface area contributed by atoms with Crippen LogP contribution in [0.3, 0.4) is 0 Å². The van der Waals surface area contributed by atoms with Crippen molar-refractivity contribution < 1.29 is 19.4 Å². The number of carbonyl (C=O) groups excluding carboxylic acids is 1. The van der Waals surface area contributed by atoms with E-state index < -0.39 is 6.10 Å². The van der Waals surface area contributed by atoms with Crippen LogP contribution in [0.5, 0.6) is 11.5 Å². The van der Waals surface area contributed by atoms with Gasteiger partial charge in [-0.1, -0.05) is 6.07 Å². The summed E-state index contributed by atoms with van der Waals surface area (Å²) in [6.45, 7) is 3.41. The fraction of sp³-hybridized carbons (Fsp3) is 0.533. The molecule has 0 heterocycles. The van der Waals surface area contributed by atoms with Gasteiger partial charge in [0.15, 0.2) is 11.5 Å². The van der Waals surface area contributed by atoms with Gasteiger partial charge < -0.3 is 25.2 Å². The highest BCUT2D eigenvalue weighted by Crippen LogP contribution is 2.30. The zero-order valence-corrected chi connectivity index (χ0v) is 12.8. The van der Waals surface area contributed by atoms with E-state index >= 15 is 0 Å². The van der Waals surface area contributed by atoms with Crippen molar-refractivity contribution in [2.75, 3.05) is 33.9 Å². The number of benzene rings is 1. The second-order valence-corrected chi connectivity index (χ2v) is 4.65. The Bertz CT molecular complexity index is 451. The number of amides is 1. The van der Waals surface area contributed by atoms with Crippen LogP contribution in [0.4, 0.5) is 0 Å². The van der Waals surface area contributed by atoms with Crippen LogP contribution in [-0.4, -0.2) is 44.9 Å². The van der Waals surface area contributed by atoms with Gasteiger partial charge >= 0.3 is 0 Å². The first-order valence-electron chi connectivity index (χ1n) is 6.93. The van der Waals surface area contributed by atoms with Crippen LogP contribution in [0.15, 0.2) is 18.2 Å². The number of ether oxygens (including phenoxy) is 2. The lowest BCUT2D eigenvalue weighted by molar-refractivity contribution is -0.118. The van der Waals surface area contributed by atoms with Crippen molar-refractivity contribution in [2.45, 2.75) is 19.4 Å². The Morgan fingerprint density at radius 1 is 1.19 bits per heavy atom. The molecule has 3 N–H and O–H groups in total. The number of aliphatic hydroxyl groups excluding tert-OH is 1. The van der Waals surface area contributed by atoms with Crippen molar-refractivity contribution in [2.24, 2.45) is 0 Å². The van der Waals surface area contributed by atoms with Gasteiger partial charge in [-0.05, 0) is 30.7 Å². The number of aliphatic hydroxyl groups is 1. The largest absolute Gasteiger partial charge is 0.493 e. The third-order valence-electron chi connectivity index (χ3n) is 3.06. The molecule has 1 amide bonds. The van der Waals surface area contributed by atoms with Crippen LogP contribution < -0.4 is 20.1 Å². The zero-order chi connectivity index (χ0) is 15.7. The molecule has 0 saturated carbocycles. The first-order valence-corrected chi connectivity index (χ1v) is 6.93. The van der Waals surface area contributed by atoms with Crippen molar-refractivity contribution in [1.82, 2.24) is 10.6 Å². The molecule has 0 aliphatic heterocycles. The normalized spacial score (nSPS) is 11.8. The maximum atomic E-state index is 10.7. The number of hydrogen-bond donors (Lipinski definition) is 3. The van der Waals surface area contributed by atoms with E-state index in [2.05, 4.69) is 10.6 Å². The summed E-state index contributed by atoms with van der Waals surface area (Å²) in [5.74, 6) is 1.21. The molecule has 1 aromatic carbocycles. The van der Waals surface area contributed by atoms with E-state index in [4.69, 9.17) is 9.47 Å². The summed E-state index contributed by atoms with van der Waals surface area (Å²) in [5.41, 5.74) is 0.788. The standard InChI is InChI=1S/C15H24N2O4/c1-11(18)17-9-8-16-7-6-13(19)12-4-5-14(20-2)15(10-12)21-3/h4-5,10,13,16,19H,6-9H2,1-3H3,(H,17,18). The molecule has 0 bridgehead atoms. The predicted molar refractivity (Wildman–Crippen MR) is 80.7 cm³/mol. The lowest BCUT2D eigenvalue weighted by Crippen LogP contribution is -2.31. The third-order valence-corrected chi connectivity index (χ3v) is 3.06. The number of nitrogens with one attached hydrogen (secondary N) is 2. The van der Waals surface area contributed by atoms with Gasteiger partial charge in [0.2, 0.25) is 5.91 Å². The molecule has 0 aliphatic rings. The minimum atomic E-state index is -0.571. The van der Waals surface area contributed by atoms with Gasteiger partial charge in [-0.2, -0.15) is 0 Å². The number of carbonyl (C=O) groups is 1.